The van der Waals surface area contributed by atoms with Crippen molar-refractivity contribution < 1.29 is 37.9 Å². The summed E-state index contributed by atoms with van der Waals surface area (Å²) in [5, 5.41) is 22.2. The Morgan fingerprint density at radius 1 is 1.02 bits per heavy atom. The Balaban J connectivity index is 1.23. The summed E-state index contributed by atoms with van der Waals surface area (Å²) >= 11 is 0. The van der Waals surface area contributed by atoms with Crippen LogP contribution in [0, 0.1) is 35.3 Å². The van der Waals surface area contributed by atoms with E-state index in [1.165, 1.54) is 31.4 Å². The van der Waals surface area contributed by atoms with Crippen molar-refractivity contribution >= 4 is 27.5 Å². The van der Waals surface area contributed by atoms with Gasteiger partial charge in [0.1, 0.15) is 34.0 Å². The number of aromatic nitrogens is 3. The molecule has 2 aromatic carbocycles. The van der Waals surface area contributed by atoms with Gasteiger partial charge < -0.3 is 34.1 Å². The fourth-order valence-electron chi connectivity index (χ4n) is 9.16. The van der Waals surface area contributed by atoms with E-state index in [0.29, 0.717) is 37.1 Å². The molecule has 11 nitrogen and oxygen atoms in total. The molecule has 3 saturated heterocycles. The summed E-state index contributed by atoms with van der Waals surface area (Å²) in [6, 6.07) is 5.77. The van der Waals surface area contributed by atoms with Crippen molar-refractivity contribution in [2.75, 3.05) is 71.2 Å². The molecule has 4 fully saturated rings. The van der Waals surface area contributed by atoms with Crippen LogP contribution < -0.4 is 14.4 Å². The number of halogens is 2. The van der Waals surface area contributed by atoms with Gasteiger partial charge in [-0.15, -0.1) is 6.42 Å². The lowest BCUT2D eigenvalue weighted by molar-refractivity contribution is -0.0203. The third kappa shape index (κ3) is 6.71. The highest BCUT2D eigenvalue weighted by molar-refractivity contribution is 6.04. The third-order valence-corrected chi connectivity index (χ3v) is 11.6. The molecule has 2 aromatic heterocycles. The average Bonchev–Trinajstić information content (AvgIpc) is 3.49. The Morgan fingerprint density at radius 2 is 1.85 bits per heavy atom. The van der Waals surface area contributed by atoms with Crippen molar-refractivity contribution in [3.8, 4) is 41.2 Å². The highest BCUT2D eigenvalue weighted by Gasteiger charge is 2.49. The second-order valence-corrected chi connectivity index (χ2v) is 14.9. The molecule has 280 valence electrons. The highest BCUT2D eigenvalue weighted by atomic mass is 19.1. The number of likely N-dealkylation sites (tertiary alicyclic amines) is 1. The van der Waals surface area contributed by atoms with Gasteiger partial charge in [0, 0.05) is 55.3 Å². The number of β-amino-alcohol motifs (C(OH)–C–C–N with tert-alkyl or cyclic N) is 1. The summed E-state index contributed by atoms with van der Waals surface area (Å²) in [4.78, 5) is 18.6. The summed E-state index contributed by atoms with van der Waals surface area (Å²) in [5.74, 6) is 1.59. The molecule has 1 saturated carbocycles. The number of anilines is 1. The Hall–Kier alpha value is -4.35. The number of hydrogen-bond donors (Lipinski definition) is 2. The van der Waals surface area contributed by atoms with Crippen LogP contribution in [-0.4, -0.2) is 109 Å². The van der Waals surface area contributed by atoms with E-state index in [1.807, 2.05) is 0 Å². The molecule has 2 N–H and O–H groups in total. The van der Waals surface area contributed by atoms with E-state index < -0.39 is 17.7 Å². The number of hydrogen-bond acceptors (Lipinski definition) is 11. The summed E-state index contributed by atoms with van der Waals surface area (Å²) < 4.78 is 55.8. The number of aromatic hydroxyl groups is 1. The molecule has 0 amide bonds. The second kappa shape index (κ2) is 14.8. The van der Waals surface area contributed by atoms with E-state index in [4.69, 9.17) is 30.4 Å². The summed E-state index contributed by atoms with van der Waals surface area (Å²) in [6.45, 7) is 5.09. The number of benzene rings is 2. The molecule has 3 unspecified atom stereocenters. The highest BCUT2D eigenvalue weighted by Crippen LogP contribution is 2.49. The van der Waals surface area contributed by atoms with E-state index in [-0.39, 0.29) is 75.1 Å². The predicted octanol–water partition coefficient (Wildman–Crippen LogP) is 5.46. The van der Waals surface area contributed by atoms with Crippen LogP contribution in [0.1, 0.15) is 50.5 Å². The number of fused-ring (bicyclic) bond motifs is 3. The van der Waals surface area contributed by atoms with Crippen LogP contribution in [0.3, 0.4) is 0 Å². The smallest absolute Gasteiger partial charge is 0.319 e. The number of phenols is 1. The minimum Gasteiger partial charge on any atom is -0.508 e. The zero-order valence-corrected chi connectivity index (χ0v) is 30.0. The predicted molar refractivity (Wildman–Crippen MR) is 195 cm³/mol. The Kier molecular flexibility index (Phi) is 9.97. The molecular weight excluding hydrogens is 684 g/mol. The Morgan fingerprint density at radius 3 is 2.66 bits per heavy atom. The number of phenolic OH excluding ortho intramolecular Hbond substituents is 1. The lowest BCUT2D eigenvalue weighted by Crippen LogP contribution is -2.53. The first kappa shape index (κ1) is 35.7. The minimum atomic E-state index is -0.850. The lowest BCUT2D eigenvalue weighted by atomic mass is 9.75. The summed E-state index contributed by atoms with van der Waals surface area (Å²) in [6.07, 6.45) is 12.4. The van der Waals surface area contributed by atoms with E-state index in [1.54, 1.807) is 4.90 Å². The number of terminal acetylenes is 1. The van der Waals surface area contributed by atoms with Gasteiger partial charge in [-0.3, -0.25) is 4.90 Å². The van der Waals surface area contributed by atoms with Gasteiger partial charge in [0.05, 0.1) is 38.6 Å². The molecule has 13 heteroatoms. The van der Waals surface area contributed by atoms with Crippen LogP contribution in [0.15, 0.2) is 24.3 Å². The zero-order valence-electron chi connectivity index (χ0n) is 30.0. The number of pyridine rings is 1. The van der Waals surface area contributed by atoms with Gasteiger partial charge in [-0.25, -0.2) is 13.8 Å². The number of piperidine rings is 1. The van der Waals surface area contributed by atoms with Crippen LogP contribution in [0.4, 0.5) is 14.6 Å². The molecule has 8 rings (SSSR count). The monoisotopic (exact) mass is 729 g/mol. The van der Waals surface area contributed by atoms with E-state index >= 15 is 8.78 Å². The molecule has 4 aliphatic rings. The SMILES string of the molecule is C#Cc1c(F)ccc2cc(O)cc(-c3nc(OC)c4c(N5CCOCC(O)C5)nc(OCC56CCCC5N(CC5CCOCC5)CCC6)nc4c3F)c12. The molecule has 4 aromatic rings. The first-order valence-electron chi connectivity index (χ1n) is 18.6. The van der Waals surface area contributed by atoms with Gasteiger partial charge in [-0.2, -0.15) is 9.97 Å². The third-order valence-electron chi connectivity index (χ3n) is 11.6. The topological polar surface area (TPSA) is 123 Å². The number of aliphatic hydroxyl groups is 1. The maximum Gasteiger partial charge on any atom is 0.319 e. The fourth-order valence-corrected chi connectivity index (χ4v) is 9.16. The van der Waals surface area contributed by atoms with Crippen molar-refractivity contribution in [3.05, 3.63) is 41.5 Å². The average molecular weight is 730 g/mol. The summed E-state index contributed by atoms with van der Waals surface area (Å²) in [7, 11) is 1.40. The fraction of sp³-hybridized carbons (Fsp3) is 0.525. The molecule has 1 aliphatic carbocycles. The van der Waals surface area contributed by atoms with Crippen molar-refractivity contribution in [2.45, 2.75) is 57.1 Å². The second-order valence-electron chi connectivity index (χ2n) is 14.9. The summed E-state index contributed by atoms with van der Waals surface area (Å²) in [5.41, 5.74) is -0.479. The first-order chi connectivity index (χ1) is 25.8. The van der Waals surface area contributed by atoms with Gasteiger partial charge in [-0.05, 0) is 74.6 Å². The van der Waals surface area contributed by atoms with Gasteiger partial charge in [0.15, 0.2) is 5.82 Å². The van der Waals surface area contributed by atoms with Crippen molar-refractivity contribution in [3.63, 3.8) is 0 Å². The normalized spacial score (nSPS) is 24.2. The van der Waals surface area contributed by atoms with Crippen LogP contribution >= 0.6 is 0 Å². The number of methoxy groups -OCH3 is 1. The molecule has 53 heavy (non-hydrogen) atoms. The molecule has 3 aliphatic heterocycles. The molecule has 0 spiro atoms. The number of rotatable bonds is 8. The quantitative estimate of drug-likeness (QED) is 0.225. The van der Waals surface area contributed by atoms with Crippen LogP contribution in [0.25, 0.3) is 32.9 Å². The van der Waals surface area contributed by atoms with Crippen molar-refractivity contribution in [2.24, 2.45) is 11.3 Å². The molecule has 0 bridgehead atoms. The van der Waals surface area contributed by atoms with Gasteiger partial charge in [0.25, 0.3) is 0 Å². The standard InChI is InChI=1S/C40H45F2N5O6/c1-3-28-30(41)8-7-25-18-26(48)19-29(32(25)28)35-34(42)36-33(38(43-35)50-2)37(47-14-17-52-22-27(49)21-47)45-39(44-36)53-23-40-11-4-6-31(40)46(13-5-12-40)20-24-9-15-51-16-10-24/h1,7-8,18-19,24,27,31,48-49H,4-6,9-17,20-23H2,2H3. The first-order valence-corrected chi connectivity index (χ1v) is 18.6. The van der Waals surface area contributed by atoms with Crippen molar-refractivity contribution in [1.82, 2.24) is 19.9 Å². The molecule has 0 radical (unpaired) electrons. The van der Waals surface area contributed by atoms with Crippen LogP contribution in [-0.2, 0) is 9.47 Å². The van der Waals surface area contributed by atoms with Gasteiger partial charge in [0.2, 0.25) is 5.88 Å². The van der Waals surface area contributed by atoms with Gasteiger partial charge in [-0.1, -0.05) is 18.4 Å². The molecule has 3 atom stereocenters. The largest absolute Gasteiger partial charge is 0.508 e. The Bertz CT molecular complexity index is 2050. The number of nitrogens with zero attached hydrogens (tertiary/aromatic N) is 5. The lowest BCUT2D eigenvalue weighted by Gasteiger charge is -2.47. The number of aliphatic hydroxyl groups excluding tert-OH is 1. The van der Waals surface area contributed by atoms with E-state index in [2.05, 4.69) is 20.8 Å². The van der Waals surface area contributed by atoms with E-state index in [9.17, 15) is 10.2 Å². The van der Waals surface area contributed by atoms with Gasteiger partial charge >= 0.3 is 6.01 Å². The molecular formula is C40H45F2N5O6. The maximum absolute atomic E-state index is 17.2. The molecule has 5 heterocycles. The van der Waals surface area contributed by atoms with Crippen LogP contribution in [0.2, 0.25) is 0 Å². The van der Waals surface area contributed by atoms with Crippen LogP contribution in [0.5, 0.6) is 17.6 Å². The number of ether oxygens (including phenoxy) is 4. The van der Waals surface area contributed by atoms with Crippen molar-refractivity contribution in [1.29, 1.82) is 0 Å². The van der Waals surface area contributed by atoms with E-state index in [0.717, 1.165) is 71.2 Å². The zero-order chi connectivity index (χ0) is 36.7. The maximum atomic E-state index is 17.2. The minimum absolute atomic E-state index is 0.00163. The Labute approximate surface area is 307 Å².